The Hall–Kier alpha value is -1.73. The molecule has 3 rings (SSSR count). The van der Waals surface area contributed by atoms with Crippen molar-refractivity contribution in [3.63, 3.8) is 0 Å². The molecule has 1 aromatic heterocycles. The van der Waals surface area contributed by atoms with Crippen molar-refractivity contribution in [2.24, 2.45) is 5.92 Å². The number of hydrogen-bond acceptors (Lipinski definition) is 3. The molecule has 0 bridgehead atoms. The second kappa shape index (κ2) is 5.72. The Labute approximate surface area is 133 Å². The fraction of sp³-hybridized carbons (Fsp3) is 0.375. The van der Waals surface area contributed by atoms with Gasteiger partial charge < -0.3 is 4.42 Å². The van der Waals surface area contributed by atoms with Crippen molar-refractivity contribution >= 4 is 10.0 Å². The smallest absolute Gasteiger partial charge is 0.243 e. The van der Waals surface area contributed by atoms with E-state index in [0.717, 1.165) is 28.6 Å². The topological polar surface area (TPSA) is 50.5 Å². The highest BCUT2D eigenvalue weighted by Gasteiger charge is 2.36. The molecule has 0 radical (unpaired) electrons. The summed E-state index contributed by atoms with van der Waals surface area (Å²) in [7, 11) is -2.65. The average molecular weight is 341 g/mol. The Morgan fingerprint density at radius 1 is 1.22 bits per heavy atom. The van der Waals surface area contributed by atoms with Crippen molar-refractivity contribution in [2.75, 3.05) is 7.05 Å². The van der Waals surface area contributed by atoms with Gasteiger partial charge in [0.05, 0.1) is 11.4 Å². The van der Waals surface area contributed by atoms with Crippen LogP contribution >= 0.6 is 0 Å². The third-order valence-corrected chi connectivity index (χ3v) is 5.86. The van der Waals surface area contributed by atoms with Gasteiger partial charge in [0.2, 0.25) is 10.0 Å². The molecular formula is C16H17F2NO3S. The lowest BCUT2D eigenvalue weighted by Crippen LogP contribution is -2.26. The van der Waals surface area contributed by atoms with Crippen LogP contribution in [-0.4, -0.2) is 19.8 Å². The predicted molar refractivity (Wildman–Crippen MR) is 80.2 cm³/mol. The number of hydrogen-bond donors (Lipinski definition) is 0. The van der Waals surface area contributed by atoms with Crippen LogP contribution < -0.4 is 0 Å². The average Bonchev–Trinajstić information content (AvgIpc) is 3.01. The van der Waals surface area contributed by atoms with E-state index in [1.165, 1.54) is 7.05 Å². The summed E-state index contributed by atoms with van der Waals surface area (Å²) in [5, 5.41) is 0. The molecule has 2 atom stereocenters. The van der Waals surface area contributed by atoms with E-state index in [4.69, 9.17) is 4.42 Å². The van der Waals surface area contributed by atoms with Crippen LogP contribution in [0.2, 0.25) is 0 Å². The first-order valence-corrected chi connectivity index (χ1v) is 8.72. The summed E-state index contributed by atoms with van der Waals surface area (Å²) in [4.78, 5) is -0.417. The Morgan fingerprint density at radius 3 is 2.39 bits per heavy atom. The molecule has 1 aliphatic rings. The summed E-state index contributed by atoms with van der Waals surface area (Å²) < 4.78 is 58.0. The van der Waals surface area contributed by atoms with Gasteiger partial charge in [0.15, 0.2) is 0 Å². The van der Waals surface area contributed by atoms with E-state index in [1.807, 2.05) is 6.07 Å². The molecule has 0 amide bonds. The Bertz CT molecular complexity index is 811. The molecule has 1 saturated carbocycles. The molecule has 2 aromatic rings. The van der Waals surface area contributed by atoms with E-state index in [1.54, 1.807) is 6.07 Å². The first-order chi connectivity index (χ1) is 10.8. The minimum absolute atomic E-state index is 0.00155. The molecule has 1 heterocycles. The van der Waals surface area contributed by atoms with Crippen LogP contribution in [0.3, 0.4) is 0 Å². The molecule has 0 N–H and O–H groups in total. The van der Waals surface area contributed by atoms with Gasteiger partial charge in [0.25, 0.3) is 0 Å². The van der Waals surface area contributed by atoms with Crippen LogP contribution in [0, 0.1) is 17.6 Å². The molecule has 0 unspecified atom stereocenters. The zero-order valence-corrected chi connectivity index (χ0v) is 13.6. The number of benzene rings is 1. The molecule has 1 aliphatic carbocycles. The van der Waals surface area contributed by atoms with Gasteiger partial charge in [-0.25, -0.2) is 17.2 Å². The Kier molecular flexibility index (Phi) is 4.01. The Balaban J connectivity index is 1.78. The van der Waals surface area contributed by atoms with Gasteiger partial charge in [-0.15, -0.1) is 0 Å². The van der Waals surface area contributed by atoms with E-state index in [9.17, 15) is 17.2 Å². The third kappa shape index (κ3) is 3.30. The van der Waals surface area contributed by atoms with E-state index < -0.39 is 26.6 Å². The number of halogens is 2. The van der Waals surface area contributed by atoms with Crippen molar-refractivity contribution in [1.29, 1.82) is 0 Å². The van der Waals surface area contributed by atoms with Gasteiger partial charge in [0, 0.05) is 19.0 Å². The van der Waals surface area contributed by atoms with Crippen molar-refractivity contribution in [1.82, 2.24) is 4.31 Å². The summed E-state index contributed by atoms with van der Waals surface area (Å²) in [5.74, 6) is 0.491. The first kappa shape index (κ1) is 16.1. The molecule has 1 aromatic carbocycles. The van der Waals surface area contributed by atoms with Crippen LogP contribution in [0.4, 0.5) is 8.78 Å². The lowest BCUT2D eigenvalue weighted by Gasteiger charge is -2.16. The number of nitrogens with zero attached hydrogens (tertiary/aromatic N) is 1. The van der Waals surface area contributed by atoms with E-state index in [2.05, 4.69) is 6.92 Å². The largest absolute Gasteiger partial charge is 0.464 e. The number of rotatable bonds is 5. The monoisotopic (exact) mass is 341 g/mol. The van der Waals surface area contributed by atoms with Crippen molar-refractivity contribution in [2.45, 2.75) is 30.7 Å². The highest BCUT2D eigenvalue weighted by atomic mass is 32.2. The maximum atomic E-state index is 13.2. The fourth-order valence-corrected chi connectivity index (χ4v) is 3.74. The standard InChI is InChI=1S/C16H17F2NO3S/c1-10-5-15(10)16-4-3-13(22-16)9-19(2)23(20,21)14-7-11(17)6-12(18)8-14/h3-4,6-8,10,15H,5,9H2,1-2H3/t10-,15+/m0/s1. The van der Waals surface area contributed by atoms with E-state index in [0.29, 0.717) is 23.7 Å². The molecule has 124 valence electrons. The summed E-state index contributed by atoms with van der Waals surface area (Å²) in [6, 6.07) is 5.82. The van der Waals surface area contributed by atoms with Crippen molar-refractivity contribution in [3.05, 3.63) is 53.5 Å². The zero-order chi connectivity index (χ0) is 16.8. The lowest BCUT2D eigenvalue weighted by atomic mass is 10.3. The van der Waals surface area contributed by atoms with Crippen LogP contribution in [0.15, 0.2) is 39.6 Å². The molecule has 4 nitrogen and oxygen atoms in total. The molecule has 0 saturated heterocycles. The summed E-state index contributed by atoms with van der Waals surface area (Å²) >= 11 is 0. The van der Waals surface area contributed by atoms with Gasteiger partial charge >= 0.3 is 0 Å². The van der Waals surface area contributed by atoms with Crippen molar-refractivity contribution < 1.29 is 21.6 Å². The van der Waals surface area contributed by atoms with Gasteiger partial charge in [-0.2, -0.15) is 4.31 Å². The fourth-order valence-electron chi connectivity index (χ4n) is 2.56. The van der Waals surface area contributed by atoms with Crippen molar-refractivity contribution in [3.8, 4) is 0 Å². The number of sulfonamides is 1. The minimum Gasteiger partial charge on any atom is -0.464 e. The SMILES string of the molecule is C[C@H]1C[C@H]1c1ccc(CN(C)S(=O)(=O)c2cc(F)cc(F)c2)o1. The molecular weight excluding hydrogens is 324 g/mol. The molecule has 0 spiro atoms. The third-order valence-electron chi connectivity index (χ3n) is 4.08. The van der Waals surface area contributed by atoms with Gasteiger partial charge in [-0.3, -0.25) is 0 Å². The van der Waals surface area contributed by atoms with Crippen LogP contribution in [-0.2, 0) is 16.6 Å². The molecule has 7 heteroatoms. The number of furan rings is 1. The second-order valence-electron chi connectivity index (χ2n) is 5.99. The summed E-state index contributed by atoms with van der Waals surface area (Å²) in [5.41, 5.74) is 0. The zero-order valence-electron chi connectivity index (χ0n) is 12.8. The Morgan fingerprint density at radius 2 is 1.83 bits per heavy atom. The first-order valence-electron chi connectivity index (χ1n) is 7.28. The molecule has 23 heavy (non-hydrogen) atoms. The molecule has 0 aliphatic heterocycles. The quantitative estimate of drug-likeness (QED) is 0.836. The van der Waals surface area contributed by atoms with Gasteiger partial charge in [-0.05, 0) is 36.6 Å². The summed E-state index contributed by atoms with van der Waals surface area (Å²) in [6.45, 7) is 2.13. The van der Waals surface area contributed by atoms with Crippen LogP contribution in [0.25, 0.3) is 0 Å². The van der Waals surface area contributed by atoms with Gasteiger partial charge in [0.1, 0.15) is 23.2 Å². The maximum Gasteiger partial charge on any atom is 0.243 e. The summed E-state index contributed by atoms with van der Waals surface area (Å²) in [6.07, 6.45) is 1.07. The second-order valence-corrected chi connectivity index (χ2v) is 8.03. The normalized spacial score (nSPS) is 20.9. The lowest BCUT2D eigenvalue weighted by molar-refractivity contribution is 0.389. The predicted octanol–water partition coefficient (Wildman–Crippen LogP) is 3.50. The van der Waals surface area contributed by atoms with E-state index in [-0.39, 0.29) is 6.54 Å². The highest BCUT2D eigenvalue weighted by Crippen LogP contribution is 2.47. The highest BCUT2D eigenvalue weighted by molar-refractivity contribution is 7.89. The van der Waals surface area contributed by atoms with Gasteiger partial charge in [-0.1, -0.05) is 6.92 Å². The molecule has 1 fully saturated rings. The van der Waals surface area contributed by atoms with Crippen LogP contribution in [0.1, 0.15) is 30.8 Å². The minimum atomic E-state index is -3.99. The van der Waals surface area contributed by atoms with E-state index >= 15 is 0 Å². The van der Waals surface area contributed by atoms with Crippen LogP contribution in [0.5, 0.6) is 0 Å². The maximum absolute atomic E-state index is 13.2.